The molecule has 1 amide bonds. The van der Waals surface area contributed by atoms with E-state index in [1.807, 2.05) is 32.5 Å². The largest absolute Gasteiger partial charge is 0.388 e. The Labute approximate surface area is 124 Å². The summed E-state index contributed by atoms with van der Waals surface area (Å²) < 4.78 is 1.77. The Hall–Kier alpha value is -1.01. The quantitative estimate of drug-likeness (QED) is 0.890. The number of rotatable bonds is 3. The molecule has 1 aromatic heterocycles. The maximum Gasteiger partial charge on any atom is 0.254 e. The van der Waals surface area contributed by atoms with Crippen LogP contribution in [0.5, 0.6) is 0 Å². The summed E-state index contributed by atoms with van der Waals surface area (Å²) in [6.45, 7) is 6.41. The monoisotopic (exact) mass is 297 g/mol. The van der Waals surface area contributed by atoms with E-state index in [1.54, 1.807) is 17.1 Å². The number of aliphatic hydroxyl groups is 1. The highest BCUT2D eigenvalue weighted by molar-refractivity contribution is 7.99. The summed E-state index contributed by atoms with van der Waals surface area (Å²) in [6, 6.07) is 0. The summed E-state index contributed by atoms with van der Waals surface area (Å²) in [5.74, 6) is 1.73. The molecule has 0 saturated carbocycles. The zero-order valence-corrected chi connectivity index (χ0v) is 13.2. The van der Waals surface area contributed by atoms with E-state index in [1.165, 1.54) is 0 Å². The highest BCUT2D eigenvalue weighted by atomic mass is 32.2. The van der Waals surface area contributed by atoms with Crippen molar-refractivity contribution in [2.24, 2.45) is 0 Å². The third kappa shape index (κ3) is 3.76. The van der Waals surface area contributed by atoms with Crippen molar-refractivity contribution in [2.75, 3.05) is 18.1 Å². The van der Waals surface area contributed by atoms with Crippen molar-refractivity contribution in [3.63, 3.8) is 0 Å². The molecule has 0 aromatic carbocycles. The first-order chi connectivity index (χ1) is 9.30. The van der Waals surface area contributed by atoms with Gasteiger partial charge in [0.1, 0.15) is 0 Å². The molecule has 2 heterocycles. The van der Waals surface area contributed by atoms with Crippen LogP contribution in [0, 0.1) is 0 Å². The molecule has 0 radical (unpaired) electrons. The Bertz CT molecular complexity index is 473. The lowest BCUT2D eigenvalue weighted by molar-refractivity contribution is 0.0311. The number of nitrogens with zero attached hydrogens (tertiary/aromatic N) is 2. The van der Waals surface area contributed by atoms with Gasteiger partial charge in [0.15, 0.2) is 0 Å². The molecular weight excluding hydrogens is 274 g/mol. The van der Waals surface area contributed by atoms with Crippen LogP contribution in [0.15, 0.2) is 12.4 Å². The maximum absolute atomic E-state index is 12.1. The predicted molar refractivity (Wildman–Crippen MR) is 81.1 cm³/mol. The molecular formula is C14H23N3O2S. The van der Waals surface area contributed by atoms with E-state index in [-0.39, 0.29) is 11.4 Å². The Morgan fingerprint density at radius 3 is 2.70 bits per heavy atom. The number of hydrogen-bond acceptors (Lipinski definition) is 4. The van der Waals surface area contributed by atoms with Gasteiger partial charge in [0.05, 0.1) is 22.9 Å². The predicted octanol–water partition coefficient (Wildman–Crippen LogP) is 1.63. The molecule has 1 aliphatic rings. The van der Waals surface area contributed by atoms with Crippen molar-refractivity contribution in [3.05, 3.63) is 18.0 Å². The minimum atomic E-state index is -0.749. The van der Waals surface area contributed by atoms with Crippen molar-refractivity contribution < 1.29 is 9.90 Å². The minimum Gasteiger partial charge on any atom is -0.388 e. The van der Waals surface area contributed by atoms with Gasteiger partial charge in [-0.1, -0.05) is 0 Å². The number of carbonyl (C=O) groups is 1. The van der Waals surface area contributed by atoms with Gasteiger partial charge in [0.25, 0.3) is 5.91 Å². The van der Waals surface area contributed by atoms with E-state index in [2.05, 4.69) is 10.4 Å². The van der Waals surface area contributed by atoms with E-state index in [0.717, 1.165) is 24.3 Å². The van der Waals surface area contributed by atoms with Gasteiger partial charge < -0.3 is 10.4 Å². The fourth-order valence-electron chi connectivity index (χ4n) is 2.08. The summed E-state index contributed by atoms with van der Waals surface area (Å²) >= 11 is 1.85. The lowest BCUT2D eigenvalue weighted by Gasteiger charge is -2.31. The van der Waals surface area contributed by atoms with Crippen LogP contribution in [0.1, 0.15) is 44.0 Å². The van der Waals surface area contributed by atoms with Crippen molar-refractivity contribution in [1.29, 1.82) is 0 Å². The Morgan fingerprint density at radius 2 is 2.15 bits per heavy atom. The Balaban J connectivity index is 1.93. The minimum absolute atomic E-state index is 0.142. The summed E-state index contributed by atoms with van der Waals surface area (Å²) in [5.41, 5.74) is -0.355. The molecule has 0 atom stereocenters. The second-order valence-corrected chi connectivity index (χ2v) is 7.59. The fourth-order valence-corrected chi connectivity index (χ4v) is 3.33. The fraction of sp³-hybridized carbons (Fsp3) is 0.714. The van der Waals surface area contributed by atoms with Gasteiger partial charge in [-0.05, 0) is 45.1 Å². The van der Waals surface area contributed by atoms with Gasteiger partial charge in [0, 0.05) is 12.7 Å². The van der Waals surface area contributed by atoms with Crippen LogP contribution < -0.4 is 5.32 Å². The second-order valence-electron chi connectivity index (χ2n) is 6.36. The topological polar surface area (TPSA) is 67.2 Å². The lowest BCUT2D eigenvalue weighted by atomic mass is 9.97. The second kappa shape index (κ2) is 5.77. The zero-order valence-electron chi connectivity index (χ0n) is 12.3. The smallest absolute Gasteiger partial charge is 0.254 e. The maximum atomic E-state index is 12.1. The van der Waals surface area contributed by atoms with Crippen molar-refractivity contribution in [1.82, 2.24) is 15.1 Å². The van der Waals surface area contributed by atoms with Crippen LogP contribution in [0.4, 0.5) is 0 Å². The van der Waals surface area contributed by atoms with Crippen LogP contribution in [0.25, 0.3) is 0 Å². The number of amides is 1. The molecule has 1 saturated heterocycles. The molecule has 112 valence electrons. The van der Waals surface area contributed by atoms with Crippen molar-refractivity contribution in [3.8, 4) is 0 Å². The number of nitrogens with one attached hydrogen (secondary N) is 1. The van der Waals surface area contributed by atoms with Crippen LogP contribution in [-0.4, -0.2) is 44.4 Å². The van der Waals surface area contributed by atoms with Gasteiger partial charge in [-0.2, -0.15) is 16.9 Å². The first-order valence-corrected chi connectivity index (χ1v) is 8.09. The first kappa shape index (κ1) is 15.4. The lowest BCUT2D eigenvalue weighted by Crippen LogP contribution is -2.45. The van der Waals surface area contributed by atoms with E-state index in [4.69, 9.17) is 0 Å². The van der Waals surface area contributed by atoms with E-state index < -0.39 is 5.60 Å². The van der Waals surface area contributed by atoms with Gasteiger partial charge >= 0.3 is 0 Å². The number of hydrogen-bond donors (Lipinski definition) is 2. The molecule has 0 aliphatic carbocycles. The number of aromatic nitrogens is 2. The van der Waals surface area contributed by atoms with Gasteiger partial charge in [-0.3, -0.25) is 9.48 Å². The molecule has 20 heavy (non-hydrogen) atoms. The highest BCUT2D eigenvalue weighted by Crippen LogP contribution is 2.26. The zero-order chi connectivity index (χ0) is 14.8. The van der Waals surface area contributed by atoms with Crippen LogP contribution in [0.2, 0.25) is 0 Å². The van der Waals surface area contributed by atoms with Gasteiger partial charge in [-0.15, -0.1) is 0 Å². The van der Waals surface area contributed by atoms with Crippen LogP contribution >= 0.6 is 11.8 Å². The SMILES string of the molecule is CC(C)(C)n1cc(C(=O)NCC2(O)CCSCC2)cn1. The summed E-state index contributed by atoms with van der Waals surface area (Å²) in [4.78, 5) is 12.1. The average Bonchev–Trinajstić information content (AvgIpc) is 2.86. The van der Waals surface area contributed by atoms with Crippen LogP contribution in [-0.2, 0) is 5.54 Å². The number of carbonyl (C=O) groups excluding carboxylic acids is 1. The Morgan fingerprint density at radius 1 is 1.50 bits per heavy atom. The number of thioether (sulfide) groups is 1. The van der Waals surface area contributed by atoms with Crippen LogP contribution in [0.3, 0.4) is 0 Å². The summed E-state index contributed by atoms with van der Waals surface area (Å²) in [5, 5.41) is 17.4. The van der Waals surface area contributed by atoms with Crippen molar-refractivity contribution >= 4 is 17.7 Å². The van der Waals surface area contributed by atoms with Crippen molar-refractivity contribution in [2.45, 2.75) is 44.8 Å². The molecule has 1 fully saturated rings. The molecule has 5 nitrogen and oxygen atoms in total. The Kier molecular flexibility index (Phi) is 4.44. The van der Waals surface area contributed by atoms with E-state index >= 15 is 0 Å². The molecule has 1 aromatic rings. The van der Waals surface area contributed by atoms with E-state index in [9.17, 15) is 9.90 Å². The summed E-state index contributed by atoms with van der Waals surface area (Å²) in [6.07, 6.45) is 4.79. The molecule has 1 aliphatic heterocycles. The molecule has 2 N–H and O–H groups in total. The normalized spacial score (nSPS) is 18.8. The van der Waals surface area contributed by atoms with Gasteiger partial charge in [0.2, 0.25) is 0 Å². The average molecular weight is 297 g/mol. The molecule has 0 bridgehead atoms. The van der Waals surface area contributed by atoms with Gasteiger partial charge in [-0.25, -0.2) is 0 Å². The summed E-state index contributed by atoms with van der Waals surface area (Å²) in [7, 11) is 0. The molecule has 2 rings (SSSR count). The molecule has 0 spiro atoms. The first-order valence-electron chi connectivity index (χ1n) is 6.94. The third-order valence-electron chi connectivity index (χ3n) is 3.53. The highest BCUT2D eigenvalue weighted by Gasteiger charge is 2.30. The third-order valence-corrected chi connectivity index (χ3v) is 4.52. The standard InChI is InChI=1S/C14H23N3O2S/c1-13(2,3)17-9-11(8-16-17)12(18)15-10-14(19)4-6-20-7-5-14/h8-9,19H,4-7,10H2,1-3H3,(H,15,18). The van der Waals surface area contributed by atoms with E-state index in [0.29, 0.717) is 12.1 Å². The molecule has 0 unspecified atom stereocenters. The molecule has 6 heteroatoms.